The topological polar surface area (TPSA) is 54.2 Å². The number of hydrogen-bond donors (Lipinski definition) is 1. The van der Waals surface area contributed by atoms with Crippen LogP contribution in [0.15, 0.2) is 30.7 Å². The molecule has 0 aromatic carbocycles. The smallest absolute Gasteiger partial charge is 0.128 e. The van der Waals surface area contributed by atoms with E-state index >= 15 is 0 Å². The summed E-state index contributed by atoms with van der Waals surface area (Å²) in [6.45, 7) is 2.49. The van der Waals surface area contributed by atoms with Crippen molar-refractivity contribution in [1.29, 1.82) is 0 Å². The number of nitrogens with zero attached hydrogens (tertiary/aromatic N) is 4. The Labute approximate surface area is 107 Å². The quantitative estimate of drug-likeness (QED) is 0.888. The van der Waals surface area contributed by atoms with Crippen molar-refractivity contribution < 1.29 is 5.11 Å². The molecular weight excluding hydrogens is 228 g/mol. The van der Waals surface area contributed by atoms with Gasteiger partial charge < -0.3 is 10.0 Å². The minimum Gasteiger partial charge on any atom is -0.389 e. The summed E-state index contributed by atoms with van der Waals surface area (Å²) in [6, 6.07) is 3.73. The molecule has 5 nitrogen and oxygen atoms in total. The van der Waals surface area contributed by atoms with Gasteiger partial charge in [-0.15, -0.1) is 0 Å². The molecule has 5 heteroatoms. The summed E-state index contributed by atoms with van der Waals surface area (Å²) >= 11 is 0. The molecule has 1 atom stereocenters. The molecule has 0 spiro atoms. The van der Waals surface area contributed by atoms with Crippen LogP contribution in [0.25, 0.3) is 0 Å². The Morgan fingerprint density at radius 1 is 1.50 bits per heavy atom. The van der Waals surface area contributed by atoms with E-state index < -0.39 is 6.10 Å². The van der Waals surface area contributed by atoms with Gasteiger partial charge in [0.25, 0.3) is 0 Å². The van der Waals surface area contributed by atoms with Gasteiger partial charge in [-0.05, 0) is 24.6 Å². The Morgan fingerprint density at radius 2 is 2.28 bits per heavy atom. The molecule has 2 rings (SSSR count). The molecule has 2 aromatic rings. The molecule has 0 aliphatic carbocycles. The van der Waals surface area contributed by atoms with Crippen LogP contribution in [-0.4, -0.2) is 26.9 Å². The summed E-state index contributed by atoms with van der Waals surface area (Å²) in [6.07, 6.45) is 5.07. The van der Waals surface area contributed by atoms with Crippen LogP contribution in [0.5, 0.6) is 0 Å². The first kappa shape index (κ1) is 12.6. The summed E-state index contributed by atoms with van der Waals surface area (Å²) in [7, 11) is 3.87. The van der Waals surface area contributed by atoms with Crippen molar-refractivity contribution in [2.45, 2.75) is 19.6 Å². The van der Waals surface area contributed by atoms with Gasteiger partial charge in [0.05, 0.1) is 12.3 Å². The number of aliphatic hydroxyl groups excluding tert-OH is 1. The molecule has 0 amide bonds. The zero-order chi connectivity index (χ0) is 13.1. The molecule has 2 aromatic heterocycles. The maximum absolute atomic E-state index is 9.56. The number of anilines is 1. The zero-order valence-corrected chi connectivity index (χ0v) is 10.9. The highest BCUT2D eigenvalue weighted by Crippen LogP contribution is 2.18. The normalized spacial score (nSPS) is 12.4. The predicted molar refractivity (Wildman–Crippen MR) is 70.2 cm³/mol. The predicted octanol–water partition coefficient (Wildman–Crippen LogP) is 1.50. The lowest BCUT2D eigenvalue weighted by atomic mass is 10.1. The molecule has 0 fully saturated rings. The summed E-state index contributed by atoms with van der Waals surface area (Å²) in [4.78, 5) is 6.34. The van der Waals surface area contributed by atoms with Gasteiger partial charge >= 0.3 is 0 Å². The van der Waals surface area contributed by atoms with E-state index in [0.717, 1.165) is 23.5 Å². The number of rotatable bonds is 4. The minimum atomic E-state index is -0.474. The van der Waals surface area contributed by atoms with Crippen LogP contribution in [-0.2, 0) is 13.6 Å². The highest BCUT2D eigenvalue weighted by Gasteiger charge is 2.07. The average molecular weight is 246 g/mol. The lowest BCUT2D eigenvalue weighted by molar-refractivity contribution is 0.199. The van der Waals surface area contributed by atoms with Gasteiger partial charge in [0.2, 0.25) is 0 Å². The number of aromatic nitrogens is 3. The van der Waals surface area contributed by atoms with Crippen LogP contribution in [0.2, 0.25) is 0 Å². The molecule has 18 heavy (non-hydrogen) atoms. The molecule has 2 heterocycles. The van der Waals surface area contributed by atoms with Crippen LogP contribution >= 0.6 is 0 Å². The van der Waals surface area contributed by atoms with Gasteiger partial charge in [-0.1, -0.05) is 0 Å². The Kier molecular flexibility index (Phi) is 3.62. The average Bonchev–Trinajstić information content (AvgIpc) is 2.75. The third-order valence-electron chi connectivity index (χ3n) is 2.82. The summed E-state index contributed by atoms with van der Waals surface area (Å²) < 4.78 is 1.78. The van der Waals surface area contributed by atoms with Gasteiger partial charge in [0.1, 0.15) is 5.82 Å². The molecule has 0 aliphatic rings. The molecule has 1 unspecified atom stereocenters. The first-order valence-electron chi connectivity index (χ1n) is 5.89. The van der Waals surface area contributed by atoms with Gasteiger partial charge in [-0.2, -0.15) is 5.10 Å². The third-order valence-corrected chi connectivity index (χ3v) is 2.82. The van der Waals surface area contributed by atoms with E-state index in [1.165, 1.54) is 0 Å². The van der Waals surface area contributed by atoms with Crippen LogP contribution in [0.4, 0.5) is 5.82 Å². The van der Waals surface area contributed by atoms with Crippen molar-refractivity contribution in [3.05, 3.63) is 41.9 Å². The molecule has 0 bridgehead atoms. The summed E-state index contributed by atoms with van der Waals surface area (Å²) in [5, 5.41) is 13.7. The first-order valence-corrected chi connectivity index (χ1v) is 5.89. The molecule has 96 valence electrons. The van der Waals surface area contributed by atoms with E-state index in [0.29, 0.717) is 0 Å². The lowest BCUT2D eigenvalue weighted by Gasteiger charge is -2.18. The fourth-order valence-corrected chi connectivity index (χ4v) is 1.81. The van der Waals surface area contributed by atoms with Gasteiger partial charge in [0.15, 0.2) is 0 Å². The van der Waals surface area contributed by atoms with Crippen molar-refractivity contribution in [3.8, 4) is 0 Å². The first-order chi connectivity index (χ1) is 8.56. The van der Waals surface area contributed by atoms with Crippen LogP contribution in [0.3, 0.4) is 0 Å². The maximum atomic E-state index is 9.56. The lowest BCUT2D eigenvalue weighted by Crippen LogP contribution is -2.17. The number of aryl methyl sites for hydroxylation is 1. The Morgan fingerprint density at radius 3 is 2.89 bits per heavy atom. The molecule has 0 saturated carbocycles. The molecule has 0 radical (unpaired) electrons. The zero-order valence-electron chi connectivity index (χ0n) is 10.9. The van der Waals surface area contributed by atoms with E-state index in [9.17, 15) is 5.11 Å². The van der Waals surface area contributed by atoms with E-state index in [1.807, 2.05) is 43.5 Å². The number of hydrogen-bond acceptors (Lipinski definition) is 4. The Balaban J connectivity index is 2.13. The standard InChI is InChI=1S/C13H18N4O/c1-10(18)12-4-5-14-13(6-12)16(2)8-11-7-15-17(3)9-11/h4-7,9-10,18H,8H2,1-3H3. The Hall–Kier alpha value is -1.88. The highest BCUT2D eigenvalue weighted by atomic mass is 16.3. The van der Waals surface area contributed by atoms with Crippen molar-refractivity contribution in [3.63, 3.8) is 0 Å². The second kappa shape index (κ2) is 5.18. The van der Waals surface area contributed by atoms with E-state index in [4.69, 9.17) is 0 Å². The summed E-state index contributed by atoms with van der Waals surface area (Å²) in [5.74, 6) is 0.845. The van der Waals surface area contributed by atoms with Crippen LogP contribution in [0.1, 0.15) is 24.2 Å². The Bertz CT molecular complexity index is 521. The van der Waals surface area contributed by atoms with Crippen LogP contribution < -0.4 is 4.90 Å². The van der Waals surface area contributed by atoms with Crippen LogP contribution in [0, 0.1) is 0 Å². The van der Waals surface area contributed by atoms with E-state index in [-0.39, 0.29) is 0 Å². The molecule has 1 N–H and O–H groups in total. The van der Waals surface area contributed by atoms with Crippen molar-refractivity contribution in [2.75, 3.05) is 11.9 Å². The second-order valence-corrected chi connectivity index (χ2v) is 4.50. The maximum Gasteiger partial charge on any atom is 0.128 e. The molecular formula is C13H18N4O. The number of aliphatic hydroxyl groups is 1. The van der Waals surface area contributed by atoms with Gasteiger partial charge in [-0.25, -0.2) is 4.98 Å². The fourth-order valence-electron chi connectivity index (χ4n) is 1.81. The fraction of sp³-hybridized carbons (Fsp3) is 0.385. The van der Waals surface area contributed by atoms with E-state index in [1.54, 1.807) is 17.8 Å². The number of pyridine rings is 1. The third kappa shape index (κ3) is 2.87. The van der Waals surface area contributed by atoms with Gasteiger partial charge in [0, 0.05) is 38.6 Å². The molecule has 0 aliphatic heterocycles. The monoisotopic (exact) mass is 246 g/mol. The molecule has 0 saturated heterocycles. The largest absolute Gasteiger partial charge is 0.389 e. The van der Waals surface area contributed by atoms with Crippen molar-refractivity contribution in [2.24, 2.45) is 7.05 Å². The van der Waals surface area contributed by atoms with Gasteiger partial charge in [-0.3, -0.25) is 4.68 Å². The summed E-state index contributed by atoms with van der Waals surface area (Å²) in [5.41, 5.74) is 2.00. The van der Waals surface area contributed by atoms with Crippen molar-refractivity contribution >= 4 is 5.82 Å². The minimum absolute atomic E-state index is 0.474. The second-order valence-electron chi connectivity index (χ2n) is 4.50. The SMILES string of the molecule is CC(O)c1ccnc(N(C)Cc2cnn(C)c2)c1. The highest BCUT2D eigenvalue weighted by molar-refractivity contribution is 5.41. The van der Waals surface area contributed by atoms with Crippen molar-refractivity contribution in [1.82, 2.24) is 14.8 Å². The van der Waals surface area contributed by atoms with E-state index in [2.05, 4.69) is 10.1 Å².